The van der Waals surface area contributed by atoms with Gasteiger partial charge in [0.25, 0.3) is 16.1 Å². The van der Waals surface area contributed by atoms with Crippen molar-refractivity contribution in [1.29, 1.82) is 0 Å². The first-order chi connectivity index (χ1) is 13.2. The largest absolute Gasteiger partial charge is 0.416 e. The molecule has 2 aliphatic rings. The molecule has 0 aromatic heterocycles. The normalized spacial score (nSPS) is 20.8. The maximum atomic E-state index is 12.8. The molecule has 6 nitrogen and oxygen atoms in total. The molecular weight excluding hydrogens is 395 g/mol. The van der Waals surface area contributed by atoms with Gasteiger partial charge in [-0.2, -0.15) is 30.2 Å². The third-order valence-electron chi connectivity index (χ3n) is 5.20. The molecule has 28 heavy (non-hydrogen) atoms. The predicted molar refractivity (Wildman–Crippen MR) is 97.9 cm³/mol. The minimum Gasteiger partial charge on any atom is -0.336 e. The molecule has 1 aromatic carbocycles. The van der Waals surface area contributed by atoms with Crippen LogP contribution in [0.4, 0.5) is 13.2 Å². The van der Waals surface area contributed by atoms with E-state index in [0.29, 0.717) is 13.1 Å². The number of piperazine rings is 1. The molecule has 10 heteroatoms. The molecule has 0 N–H and O–H groups in total. The Balaban J connectivity index is 1.60. The van der Waals surface area contributed by atoms with Gasteiger partial charge in [0, 0.05) is 44.8 Å². The molecule has 2 fully saturated rings. The van der Waals surface area contributed by atoms with Crippen molar-refractivity contribution in [2.75, 3.05) is 39.3 Å². The third kappa shape index (κ3) is 4.66. The summed E-state index contributed by atoms with van der Waals surface area (Å²) in [5, 5.41) is 0. The average Bonchev–Trinajstić information content (AvgIpc) is 2.97. The fourth-order valence-electron chi connectivity index (χ4n) is 3.54. The molecule has 0 radical (unpaired) electrons. The molecule has 0 unspecified atom stereocenters. The summed E-state index contributed by atoms with van der Waals surface area (Å²) in [6.07, 6.45) is -0.686. The van der Waals surface area contributed by atoms with Crippen molar-refractivity contribution in [3.05, 3.63) is 35.4 Å². The molecule has 0 atom stereocenters. The lowest BCUT2D eigenvalue weighted by Crippen LogP contribution is -2.54. The van der Waals surface area contributed by atoms with Crippen molar-refractivity contribution in [3.63, 3.8) is 0 Å². The van der Waals surface area contributed by atoms with Gasteiger partial charge in [0.15, 0.2) is 0 Å². The fraction of sp³-hybridized carbons (Fsp3) is 0.611. The molecular formula is C18H24F3N3O3S. The van der Waals surface area contributed by atoms with Gasteiger partial charge in [0.1, 0.15) is 0 Å². The Morgan fingerprint density at radius 3 is 1.79 bits per heavy atom. The first-order valence-electron chi connectivity index (χ1n) is 9.41. The summed E-state index contributed by atoms with van der Waals surface area (Å²) in [5.41, 5.74) is -0.644. The van der Waals surface area contributed by atoms with Crippen LogP contribution in [0.15, 0.2) is 24.3 Å². The second-order valence-electron chi connectivity index (χ2n) is 7.09. The first kappa shape index (κ1) is 21.1. The van der Waals surface area contributed by atoms with Crippen molar-refractivity contribution >= 4 is 16.1 Å². The van der Waals surface area contributed by atoms with E-state index >= 15 is 0 Å². The number of nitrogens with zero attached hydrogens (tertiary/aromatic N) is 3. The monoisotopic (exact) mass is 419 g/mol. The molecule has 0 aliphatic carbocycles. The van der Waals surface area contributed by atoms with Gasteiger partial charge >= 0.3 is 6.18 Å². The van der Waals surface area contributed by atoms with E-state index in [1.165, 1.54) is 13.5 Å². The lowest BCUT2D eigenvalue weighted by molar-refractivity contribution is -0.137. The maximum Gasteiger partial charge on any atom is 0.416 e. The number of carbonyl (C=O) groups is 1. The standard InChI is InChI=1S/C18H24F3N3O3S/c19-18(20,21)16-7-5-15(6-8-16)17(25)22-11-13-24(14-12-22)28(26,27)23-9-3-1-2-4-10-23/h5-8H,1-4,9-14H2. The third-order valence-corrected chi connectivity index (χ3v) is 7.24. The molecule has 2 heterocycles. The van der Waals surface area contributed by atoms with E-state index in [0.717, 1.165) is 49.9 Å². The van der Waals surface area contributed by atoms with Crippen LogP contribution < -0.4 is 0 Å². The van der Waals surface area contributed by atoms with Crippen molar-refractivity contribution in [3.8, 4) is 0 Å². The smallest absolute Gasteiger partial charge is 0.336 e. The molecule has 1 amide bonds. The Morgan fingerprint density at radius 1 is 0.786 bits per heavy atom. The Hall–Kier alpha value is -1.65. The summed E-state index contributed by atoms with van der Waals surface area (Å²) in [4.78, 5) is 14.0. The van der Waals surface area contributed by atoms with Crippen molar-refractivity contribution < 1.29 is 26.4 Å². The van der Waals surface area contributed by atoms with Gasteiger partial charge in [-0.05, 0) is 37.1 Å². The lowest BCUT2D eigenvalue weighted by Gasteiger charge is -2.36. The van der Waals surface area contributed by atoms with Crippen LogP contribution in [0.25, 0.3) is 0 Å². The van der Waals surface area contributed by atoms with Gasteiger partial charge in [-0.15, -0.1) is 0 Å². The van der Waals surface area contributed by atoms with Crippen LogP contribution in [0.2, 0.25) is 0 Å². The SMILES string of the molecule is O=C(c1ccc(C(F)(F)F)cc1)N1CCN(S(=O)(=O)N2CCCCCC2)CC1. The van der Waals surface area contributed by atoms with E-state index < -0.39 is 21.9 Å². The van der Waals surface area contributed by atoms with Crippen molar-refractivity contribution in [1.82, 2.24) is 13.5 Å². The number of hydrogen-bond donors (Lipinski definition) is 0. The van der Waals surface area contributed by atoms with Crippen LogP contribution in [0.3, 0.4) is 0 Å². The van der Waals surface area contributed by atoms with Gasteiger partial charge in [-0.1, -0.05) is 12.8 Å². The molecule has 3 rings (SSSR count). The van der Waals surface area contributed by atoms with Crippen LogP contribution >= 0.6 is 0 Å². The number of amides is 1. The van der Waals surface area contributed by atoms with E-state index in [1.807, 2.05) is 0 Å². The highest BCUT2D eigenvalue weighted by atomic mass is 32.2. The second-order valence-corrected chi connectivity index (χ2v) is 9.02. The fourth-order valence-corrected chi connectivity index (χ4v) is 5.21. The first-order valence-corrected chi connectivity index (χ1v) is 10.8. The highest BCUT2D eigenvalue weighted by Crippen LogP contribution is 2.29. The van der Waals surface area contributed by atoms with E-state index in [1.54, 1.807) is 0 Å². The van der Waals surface area contributed by atoms with Gasteiger partial charge < -0.3 is 4.90 Å². The summed E-state index contributed by atoms with van der Waals surface area (Å²) in [6.45, 7) is 1.84. The summed E-state index contributed by atoms with van der Waals surface area (Å²) in [6, 6.07) is 4.08. The zero-order valence-corrected chi connectivity index (χ0v) is 16.3. The molecule has 0 spiro atoms. The number of hydrogen-bond acceptors (Lipinski definition) is 3. The van der Waals surface area contributed by atoms with Gasteiger partial charge in [-0.25, -0.2) is 0 Å². The van der Waals surface area contributed by atoms with Crippen LogP contribution in [0.1, 0.15) is 41.6 Å². The van der Waals surface area contributed by atoms with Gasteiger partial charge in [0.05, 0.1) is 5.56 Å². The van der Waals surface area contributed by atoms with Crippen LogP contribution in [0.5, 0.6) is 0 Å². The maximum absolute atomic E-state index is 12.8. The Kier molecular flexibility index (Phi) is 6.31. The second kappa shape index (κ2) is 8.38. The number of alkyl halides is 3. The van der Waals surface area contributed by atoms with Crippen LogP contribution in [-0.4, -0.2) is 67.1 Å². The molecule has 156 valence electrons. The average molecular weight is 419 g/mol. The van der Waals surface area contributed by atoms with Crippen molar-refractivity contribution in [2.45, 2.75) is 31.9 Å². The molecule has 2 aliphatic heterocycles. The number of halogens is 3. The van der Waals surface area contributed by atoms with E-state index in [2.05, 4.69) is 0 Å². The summed E-state index contributed by atoms with van der Waals surface area (Å²) >= 11 is 0. The van der Waals surface area contributed by atoms with Crippen molar-refractivity contribution in [2.24, 2.45) is 0 Å². The van der Waals surface area contributed by atoms with E-state index in [9.17, 15) is 26.4 Å². The molecule has 2 saturated heterocycles. The highest BCUT2D eigenvalue weighted by Gasteiger charge is 2.34. The molecule has 1 aromatic rings. The zero-order chi connectivity index (χ0) is 20.4. The van der Waals surface area contributed by atoms with E-state index in [-0.39, 0.29) is 37.6 Å². The number of rotatable bonds is 3. The Bertz CT molecular complexity index is 781. The summed E-state index contributed by atoms with van der Waals surface area (Å²) < 4.78 is 66.5. The minimum atomic E-state index is -4.45. The summed E-state index contributed by atoms with van der Waals surface area (Å²) in [5.74, 6) is -0.388. The topological polar surface area (TPSA) is 60.9 Å². The molecule has 0 saturated carbocycles. The Morgan fingerprint density at radius 2 is 1.29 bits per heavy atom. The van der Waals surface area contributed by atoms with Crippen LogP contribution in [-0.2, 0) is 16.4 Å². The molecule has 0 bridgehead atoms. The number of benzene rings is 1. The minimum absolute atomic E-state index is 0.164. The van der Waals surface area contributed by atoms with Gasteiger partial charge in [-0.3, -0.25) is 4.79 Å². The van der Waals surface area contributed by atoms with Gasteiger partial charge in [0.2, 0.25) is 0 Å². The zero-order valence-electron chi connectivity index (χ0n) is 15.5. The van der Waals surface area contributed by atoms with Crippen LogP contribution in [0, 0.1) is 0 Å². The quantitative estimate of drug-likeness (QED) is 0.757. The Labute approximate surface area is 163 Å². The van der Waals surface area contributed by atoms with E-state index in [4.69, 9.17) is 0 Å². The number of carbonyl (C=O) groups excluding carboxylic acids is 1. The lowest BCUT2D eigenvalue weighted by atomic mass is 10.1. The highest BCUT2D eigenvalue weighted by molar-refractivity contribution is 7.86. The summed E-state index contributed by atoms with van der Waals surface area (Å²) in [7, 11) is -3.54. The predicted octanol–water partition coefficient (Wildman–Crippen LogP) is 2.58.